The van der Waals surface area contributed by atoms with Crippen molar-refractivity contribution in [3.8, 4) is 10.7 Å². The van der Waals surface area contributed by atoms with Crippen molar-refractivity contribution in [2.45, 2.75) is 19.9 Å². The molecule has 0 aliphatic heterocycles. The van der Waals surface area contributed by atoms with Gasteiger partial charge in [0, 0.05) is 10.7 Å². The number of hydrogen-bond donors (Lipinski definition) is 1. The highest BCUT2D eigenvalue weighted by atomic mass is 79.9. The third kappa shape index (κ3) is 2.88. The molecule has 2 aromatic heterocycles. The van der Waals surface area contributed by atoms with Gasteiger partial charge in [-0.05, 0) is 41.5 Å². The van der Waals surface area contributed by atoms with E-state index in [4.69, 9.17) is 0 Å². The average Bonchev–Trinajstić information content (AvgIpc) is 2.79. The molecular weight excluding hydrogens is 300 g/mol. The van der Waals surface area contributed by atoms with Gasteiger partial charge >= 0.3 is 0 Å². The molecular formula is C11H13BrN4S. The Morgan fingerprint density at radius 1 is 1.47 bits per heavy atom. The summed E-state index contributed by atoms with van der Waals surface area (Å²) in [6.07, 6.45) is 1.76. The van der Waals surface area contributed by atoms with E-state index in [1.165, 1.54) is 0 Å². The Labute approximate surface area is 113 Å². The Kier molecular flexibility index (Phi) is 4.20. The lowest BCUT2D eigenvalue weighted by molar-refractivity contribution is 0.590. The van der Waals surface area contributed by atoms with Crippen LogP contribution in [0.2, 0.25) is 0 Å². The molecule has 0 saturated carbocycles. The zero-order chi connectivity index (χ0) is 12.3. The molecule has 0 bridgehead atoms. The molecule has 2 rings (SSSR count). The maximum Gasteiger partial charge on any atom is 0.167 e. The fourth-order valence-electron chi connectivity index (χ4n) is 1.44. The zero-order valence-electron chi connectivity index (χ0n) is 9.64. The molecule has 1 N–H and O–H groups in total. The SMILES string of the molecule is CCNC(C)c1nnc(-c2ncccc2Br)s1. The normalized spacial score (nSPS) is 12.6. The van der Waals surface area contributed by atoms with Gasteiger partial charge in [-0.1, -0.05) is 18.3 Å². The molecule has 2 heterocycles. The molecule has 0 radical (unpaired) electrons. The highest BCUT2D eigenvalue weighted by Crippen LogP contribution is 2.29. The number of aromatic nitrogens is 3. The van der Waals surface area contributed by atoms with E-state index in [2.05, 4.69) is 50.3 Å². The molecule has 0 fully saturated rings. The van der Waals surface area contributed by atoms with Crippen molar-refractivity contribution in [3.63, 3.8) is 0 Å². The second-order valence-corrected chi connectivity index (χ2v) is 5.42. The maximum atomic E-state index is 4.31. The minimum absolute atomic E-state index is 0.230. The smallest absolute Gasteiger partial charge is 0.167 e. The predicted molar refractivity (Wildman–Crippen MR) is 72.9 cm³/mol. The summed E-state index contributed by atoms with van der Waals surface area (Å²) in [6, 6.07) is 4.07. The summed E-state index contributed by atoms with van der Waals surface area (Å²) in [5.74, 6) is 0. The lowest BCUT2D eigenvalue weighted by atomic mass is 10.3. The molecule has 90 valence electrons. The molecule has 2 aromatic rings. The van der Waals surface area contributed by atoms with E-state index in [1.54, 1.807) is 17.5 Å². The van der Waals surface area contributed by atoms with Crippen molar-refractivity contribution < 1.29 is 0 Å². The first-order valence-electron chi connectivity index (χ1n) is 5.40. The first-order chi connectivity index (χ1) is 8.22. The summed E-state index contributed by atoms with van der Waals surface area (Å²) in [6.45, 7) is 5.08. The van der Waals surface area contributed by atoms with Crippen molar-refractivity contribution in [2.75, 3.05) is 6.54 Å². The number of hydrogen-bond acceptors (Lipinski definition) is 5. The molecule has 1 atom stereocenters. The van der Waals surface area contributed by atoms with Gasteiger partial charge in [-0.15, -0.1) is 10.2 Å². The predicted octanol–water partition coefficient (Wildman–Crippen LogP) is 3.03. The van der Waals surface area contributed by atoms with Gasteiger partial charge in [0.05, 0.1) is 6.04 Å². The molecule has 0 spiro atoms. The van der Waals surface area contributed by atoms with Crippen LogP contribution in [0.1, 0.15) is 24.9 Å². The quantitative estimate of drug-likeness (QED) is 0.942. The van der Waals surface area contributed by atoms with Crippen molar-refractivity contribution in [2.24, 2.45) is 0 Å². The maximum absolute atomic E-state index is 4.31. The van der Waals surface area contributed by atoms with E-state index in [0.29, 0.717) is 0 Å². The van der Waals surface area contributed by atoms with Crippen LogP contribution in [0.5, 0.6) is 0 Å². The van der Waals surface area contributed by atoms with E-state index in [0.717, 1.165) is 26.7 Å². The Balaban J connectivity index is 2.27. The van der Waals surface area contributed by atoms with E-state index in [-0.39, 0.29) is 6.04 Å². The standard InChI is InChI=1S/C11H13BrN4S/c1-3-13-7(2)10-15-16-11(17-10)9-8(12)5-4-6-14-9/h4-7,13H,3H2,1-2H3. The number of halogens is 1. The molecule has 4 nitrogen and oxygen atoms in total. The van der Waals surface area contributed by atoms with Crippen molar-refractivity contribution in [1.82, 2.24) is 20.5 Å². The van der Waals surface area contributed by atoms with Crippen molar-refractivity contribution in [3.05, 3.63) is 27.8 Å². The van der Waals surface area contributed by atoms with Crippen LogP contribution < -0.4 is 5.32 Å². The summed E-state index contributed by atoms with van der Waals surface area (Å²) in [5, 5.41) is 13.5. The third-order valence-electron chi connectivity index (χ3n) is 2.28. The summed E-state index contributed by atoms with van der Waals surface area (Å²) < 4.78 is 0.943. The van der Waals surface area contributed by atoms with E-state index < -0.39 is 0 Å². The van der Waals surface area contributed by atoms with Crippen LogP contribution in [0.3, 0.4) is 0 Å². The molecule has 0 aliphatic rings. The summed E-state index contributed by atoms with van der Waals surface area (Å²) >= 11 is 5.04. The molecule has 0 saturated heterocycles. The van der Waals surface area contributed by atoms with Gasteiger partial charge in [0.1, 0.15) is 10.7 Å². The molecule has 1 unspecified atom stereocenters. The van der Waals surface area contributed by atoms with Gasteiger partial charge < -0.3 is 5.32 Å². The van der Waals surface area contributed by atoms with E-state index in [1.807, 2.05) is 12.1 Å². The Morgan fingerprint density at radius 3 is 3.00 bits per heavy atom. The average molecular weight is 313 g/mol. The Hall–Kier alpha value is -0.850. The first kappa shape index (κ1) is 12.6. The summed E-state index contributed by atoms with van der Waals surface area (Å²) in [4.78, 5) is 4.31. The zero-order valence-corrected chi connectivity index (χ0v) is 12.0. The van der Waals surface area contributed by atoms with Crippen LogP contribution in [0, 0.1) is 0 Å². The Bertz CT molecular complexity index is 500. The fraction of sp³-hybridized carbons (Fsp3) is 0.364. The number of pyridine rings is 1. The summed E-state index contributed by atoms with van der Waals surface area (Å²) in [5.41, 5.74) is 0.847. The largest absolute Gasteiger partial charge is 0.308 e. The number of nitrogens with one attached hydrogen (secondary N) is 1. The van der Waals surface area contributed by atoms with Gasteiger partial charge in [-0.3, -0.25) is 4.98 Å². The van der Waals surface area contributed by atoms with Crippen LogP contribution in [0.15, 0.2) is 22.8 Å². The molecule has 6 heteroatoms. The topological polar surface area (TPSA) is 50.7 Å². The number of nitrogens with zero attached hydrogens (tertiary/aromatic N) is 3. The monoisotopic (exact) mass is 312 g/mol. The van der Waals surface area contributed by atoms with E-state index >= 15 is 0 Å². The van der Waals surface area contributed by atoms with Gasteiger partial charge in [0.15, 0.2) is 5.01 Å². The Morgan fingerprint density at radius 2 is 2.29 bits per heavy atom. The van der Waals surface area contributed by atoms with Gasteiger partial charge in [0.25, 0.3) is 0 Å². The third-order valence-corrected chi connectivity index (χ3v) is 4.04. The fourth-order valence-corrected chi connectivity index (χ4v) is 2.90. The highest BCUT2D eigenvalue weighted by Gasteiger charge is 2.14. The van der Waals surface area contributed by atoms with Gasteiger partial charge in [0.2, 0.25) is 0 Å². The number of rotatable bonds is 4. The molecule has 0 amide bonds. The van der Waals surface area contributed by atoms with Crippen LogP contribution in [0.4, 0.5) is 0 Å². The molecule has 17 heavy (non-hydrogen) atoms. The highest BCUT2D eigenvalue weighted by molar-refractivity contribution is 9.10. The molecule has 0 aromatic carbocycles. The van der Waals surface area contributed by atoms with Crippen LogP contribution in [-0.4, -0.2) is 21.7 Å². The van der Waals surface area contributed by atoms with Crippen molar-refractivity contribution in [1.29, 1.82) is 0 Å². The second kappa shape index (κ2) is 5.66. The van der Waals surface area contributed by atoms with Crippen LogP contribution >= 0.6 is 27.3 Å². The minimum atomic E-state index is 0.230. The first-order valence-corrected chi connectivity index (χ1v) is 7.01. The second-order valence-electron chi connectivity index (χ2n) is 3.56. The molecule has 0 aliphatic carbocycles. The van der Waals surface area contributed by atoms with Gasteiger partial charge in [-0.2, -0.15) is 0 Å². The lowest BCUT2D eigenvalue weighted by Gasteiger charge is -2.06. The van der Waals surface area contributed by atoms with Crippen molar-refractivity contribution >= 4 is 27.3 Å². The summed E-state index contributed by atoms with van der Waals surface area (Å²) in [7, 11) is 0. The minimum Gasteiger partial charge on any atom is -0.308 e. The van der Waals surface area contributed by atoms with E-state index in [9.17, 15) is 0 Å². The van der Waals surface area contributed by atoms with Crippen LogP contribution in [0.25, 0.3) is 10.7 Å². The van der Waals surface area contributed by atoms with Gasteiger partial charge in [-0.25, -0.2) is 0 Å². The van der Waals surface area contributed by atoms with Crippen LogP contribution in [-0.2, 0) is 0 Å². The lowest BCUT2D eigenvalue weighted by Crippen LogP contribution is -2.17.